The summed E-state index contributed by atoms with van der Waals surface area (Å²) in [5.41, 5.74) is -0.397. The number of benzene rings is 2. The van der Waals surface area contributed by atoms with E-state index in [9.17, 15) is 26.7 Å². The number of nitrogens with zero attached hydrogens (tertiary/aromatic N) is 1. The maximum atomic E-state index is 13.1. The zero-order valence-corrected chi connectivity index (χ0v) is 18.9. The normalized spacial score (nSPS) is 15.2. The smallest absolute Gasteiger partial charge is 0.335 e. The summed E-state index contributed by atoms with van der Waals surface area (Å²) in [5.74, 6) is -1.33. The standard InChI is InChI=1S/C19H22N2O9S2/c1-28-16-6-4-14(32(26,27)21-7-9-30-10-8-21)12-15(16)20-31(24,25)18-11-13(19(22)23)3-5-17(18)29-2/h3-6,11-12,20H,7-10H2,1-2H3,(H,22,23). The molecule has 0 amide bonds. The minimum atomic E-state index is -4.38. The van der Waals surface area contributed by atoms with E-state index >= 15 is 0 Å². The maximum absolute atomic E-state index is 13.1. The van der Waals surface area contributed by atoms with Gasteiger partial charge in [-0.15, -0.1) is 0 Å². The molecule has 2 N–H and O–H groups in total. The first-order valence-corrected chi connectivity index (χ1v) is 12.2. The van der Waals surface area contributed by atoms with Gasteiger partial charge >= 0.3 is 5.97 Å². The lowest BCUT2D eigenvalue weighted by molar-refractivity contribution is 0.0696. The summed E-state index contributed by atoms with van der Waals surface area (Å²) in [5, 5.41) is 9.20. The number of hydrogen-bond donors (Lipinski definition) is 2. The number of nitrogens with one attached hydrogen (secondary N) is 1. The molecule has 174 valence electrons. The Morgan fingerprint density at radius 1 is 1.00 bits per heavy atom. The van der Waals surface area contributed by atoms with E-state index in [-0.39, 0.29) is 53.9 Å². The number of morpholine rings is 1. The molecule has 2 aromatic carbocycles. The van der Waals surface area contributed by atoms with E-state index in [1.54, 1.807) is 0 Å². The highest BCUT2D eigenvalue weighted by molar-refractivity contribution is 7.93. The van der Waals surface area contributed by atoms with Gasteiger partial charge in [-0.2, -0.15) is 4.31 Å². The average molecular weight is 487 g/mol. The summed E-state index contributed by atoms with van der Waals surface area (Å²) in [6, 6.07) is 7.16. The molecule has 3 rings (SSSR count). The Bertz CT molecular complexity index is 1220. The number of hydrogen-bond acceptors (Lipinski definition) is 8. The van der Waals surface area contributed by atoms with Crippen LogP contribution in [0.25, 0.3) is 0 Å². The van der Waals surface area contributed by atoms with Crippen LogP contribution in [0.2, 0.25) is 0 Å². The molecule has 0 atom stereocenters. The molecule has 1 aliphatic rings. The molecule has 1 aliphatic heterocycles. The third kappa shape index (κ3) is 4.80. The highest BCUT2D eigenvalue weighted by atomic mass is 32.2. The molecule has 1 saturated heterocycles. The molecule has 0 saturated carbocycles. The highest BCUT2D eigenvalue weighted by Gasteiger charge is 2.29. The van der Waals surface area contributed by atoms with Crippen molar-refractivity contribution >= 4 is 31.7 Å². The SMILES string of the molecule is COc1ccc(S(=O)(=O)N2CCOCC2)cc1NS(=O)(=O)c1cc(C(=O)O)ccc1OC. The number of methoxy groups -OCH3 is 2. The van der Waals surface area contributed by atoms with Gasteiger partial charge < -0.3 is 19.3 Å². The minimum Gasteiger partial charge on any atom is -0.495 e. The number of aromatic carboxylic acids is 1. The lowest BCUT2D eigenvalue weighted by Gasteiger charge is -2.26. The van der Waals surface area contributed by atoms with Crippen molar-refractivity contribution in [1.29, 1.82) is 0 Å². The van der Waals surface area contributed by atoms with Gasteiger partial charge in [-0.25, -0.2) is 21.6 Å². The predicted octanol–water partition coefficient (Wildman–Crippen LogP) is 1.22. The van der Waals surface area contributed by atoms with Crippen LogP contribution in [0.4, 0.5) is 5.69 Å². The maximum Gasteiger partial charge on any atom is 0.335 e. The topological polar surface area (TPSA) is 149 Å². The van der Waals surface area contributed by atoms with Crippen molar-refractivity contribution in [1.82, 2.24) is 4.31 Å². The lowest BCUT2D eigenvalue weighted by Crippen LogP contribution is -2.40. The molecule has 0 bridgehead atoms. The Balaban J connectivity index is 2.04. The lowest BCUT2D eigenvalue weighted by atomic mass is 10.2. The number of carboxylic acid groups (broad SMARTS) is 1. The summed E-state index contributed by atoms with van der Waals surface area (Å²) in [4.78, 5) is 10.7. The van der Waals surface area contributed by atoms with Crippen LogP contribution in [0.3, 0.4) is 0 Å². The van der Waals surface area contributed by atoms with Crippen molar-refractivity contribution in [3.05, 3.63) is 42.0 Å². The molecule has 0 spiro atoms. The van der Waals surface area contributed by atoms with Gasteiger partial charge in [0.05, 0.1) is 43.6 Å². The summed E-state index contributed by atoms with van der Waals surface area (Å²) < 4.78 is 71.0. The Hall–Kier alpha value is -2.87. The Morgan fingerprint density at radius 2 is 1.62 bits per heavy atom. The number of carbonyl (C=O) groups is 1. The van der Waals surface area contributed by atoms with Crippen molar-refractivity contribution in [2.45, 2.75) is 9.79 Å². The second kappa shape index (κ2) is 9.32. The van der Waals surface area contributed by atoms with E-state index < -0.39 is 30.9 Å². The van der Waals surface area contributed by atoms with E-state index in [1.807, 2.05) is 0 Å². The van der Waals surface area contributed by atoms with Gasteiger partial charge in [0, 0.05) is 13.1 Å². The van der Waals surface area contributed by atoms with Crippen molar-refractivity contribution < 1.29 is 40.9 Å². The molecule has 0 aliphatic carbocycles. The molecule has 1 heterocycles. The zero-order valence-electron chi connectivity index (χ0n) is 17.3. The first-order valence-electron chi connectivity index (χ1n) is 9.30. The summed E-state index contributed by atoms with van der Waals surface area (Å²) in [6.45, 7) is 0.867. The zero-order chi connectivity index (χ0) is 23.5. The second-order valence-electron chi connectivity index (χ2n) is 6.65. The van der Waals surface area contributed by atoms with Gasteiger partial charge in [-0.1, -0.05) is 0 Å². The number of anilines is 1. The number of sulfonamides is 2. The monoisotopic (exact) mass is 486 g/mol. The first-order chi connectivity index (χ1) is 15.1. The molecule has 32 heavy (non-hydrogen) atoms. The average Bonchev–Trinajstić information content (AvgIpc) is 2.78. The van der Waals surface area contributed by atoms with Gasteiger partial charge in [0.25, 0.3) is 10.0 Å². The van der Waals surface area contributed by atoms with Crippen LogP contribution in [0, 0.1) is 0 Å². The van der Waals surface area contributed by atoms with Crippen molar-refractivity contribution in [2.24, 2.45) is 0 Å². The molecular weight excluding hydrogens is 464 g/mol. The molecule has 0 radical (unpaired) electrons. The second-order valence-corrected chi connectivity index (χ2v) is 10.2. The van der Waals surface area contributed by atoms with E-state index in [0.717, 1.165) is 12.1 Å². The molecule has 11 nitrogen and oxygen atoms in total. The van der Waals surface area contributed by atoms with Gasteiger partial charge in [-0.05, 0) is 36.4 Å². The fourth-order valence-electron chi connectivity index (χ4n) is 3.08. The molecular formula is C19H22N2O9S2. The van der Waals surface area contributed by atoms with E-state index in [0.29, 0.717) is 0 Å². The molecule has 0 unspecified atom stereocenters. The van der Waals surface area contributed by atoms with Gasteiger partial charge in [0.1, 0.15) is 16.4 Å². The predicted molar refractivity (Wildman–Crippen MR) is 113 cm³/mol. The Kier molecular flexibility index (Phi) is 6.93. The molecule has 13 heteroatoms. The fourth-order valence-corrected chi connectivity index (χ4v) is 5.77. The largest absolute Gasteiger partial charge is 0.495 e. The van der Waals surface area contributed by atoms with Crippen LogP contribution in [-0.2, 0) is 24.8 Å². The van der Waals surface area contributed by atoms with Crippen molar-refractivity contribution in [2.75, 3.05) is 45.2 Å². The molecule has 0 aromatic heterocycles. The third-order valence-electron chi connectivity index (χ3n) is 4.72. The van der Waals surface area contributed by atoms with Crippen molar-refractivity contribution in [3.63, 3.8) is 0 Å². The van der Waals surface area contributed by atoms with Crippen LogP contribution < -0.4 is 14.2 Å². The van der Waals surface area contributed by atoms with Gasteiger partial charge in [-0.3, -0.25) is 4.72 Å². The number of ether oxygens (including phenoxy) is 3. The van der Waals surface area contributed by atoms with Crippen LogP contribution in [0.5, 0.6) is 11.5 Å². The van der Waals surface area contributed by atoms with E-state index in [1.165, 1.54) is 42.8 Å². The van der Waals surface area contributed by atoms with Crippen LogP contribution in [0.1, 0.15) is 10.4 Å². The fraction of sp³-hybridized carbons (Fsp3) is 0.316. The van der Waals surface area contributed by atoms with E-state index in [4.69, 9.17) is 14.2 Å². The Labute approximate surface area is 185 Å². The summed E-state index contributed by atoms with van der Waals surface area (Å²) in [6.07, 6.45) is 0. The van der Waals surface area contributed by atoms with Crippen LogP contribution in [0.15, 0.2) is 46.2 Å². The van der Waals surface area contributed by atoms with Crippen LogP contribution >= 0.6 is 0 Å². The quantitative estimate of drug-likeness (QED) is 0.562. The molecule has 2 aromatic rings. The van der Waals surface area contributed by atoms with Crippen LogP contribution in [-0.4, -0.2) is 72.7 Å². The highest BCUT2D eigenvalue weighted by Crippen LogP contribution is 2.33. The Morgan fingerprint density at radius 3 is 2.22 bits per heavy atom. The summed E-state index contributed by atoms with van der Waals surface area (Å²) in [7, 11) is -5.74. The number of rotatable bonds is 8. The minimum absolute atomic E-state index is 0.0721. The molecule has 1 fully saturated rings. The van der Waals surface area contributed by atoms with E-state index in [2.05, 4.69) is 4.72 Å². The summed E-state index contributed by atoms with van der Waals surface area (Å²) >= 11 is 0. The van der Waals surface area contributed by atoms with Gasteiger partial charge in [0.2, 0.25) is 10.0 Å². The first kappa shape index (κ1) is 23.8. The van der Waals surface area contributed by atoms with Gasteiger partial charge in [0.15, 0.2) is 0 Å². The number of carboxylic acids is 1. The van der Waals surface area contributed by atoms with Crippen molar-refractivity contribution in [3.8, 4) is 11.5 Å². The third-order valence-corrected chi connectivity index (χ3v) is 8.00.